The predicted molar refractivity (Wildman–Crippen MR) is 98.9 cm³/mol. The van der Waals surface area contributed by atoms with Crippen LogP contribution >= 0.6 is 11.3 Å². The molecule has 0 aliphatic heterocycles. The molecule has 8 heteroatoms. The molecule has 0 fully saturated rings. The molecular weight excluding hydrogens is 352 g/mol. The zero-order valence-electron chi connectivity index (χ0n) is 13.7. The van der Waals surface area contributed by atoms with E-state index in [1.54, 1.807) is 60.5 Å². The SMILES string of the molecule is O=C(Cc1ccncc1)Nc1cccc(NC(=O)OCc2cncs2)c1. The highest BCUT2D eigenvalue weighted by molar-refractivity contribution is 7.09. The number of pyridine rings is 1. The number of anilines is 2. The maximum atomic E-state index is 12.1. The van der Waals surface area contributed by atoms with Crippen LogP contribution in [0.25, 0.3) is 0 Å². The Kier molecular flexibility index (Phi) is 5.89. The van der Waals surface area contributed by atoms with Crippen LogP contribution in [0.15, 0.2) is 60.5 Å². The third-order valence-electron chi connectivity index (χ3n) is 3.34. The van der Waals surface area contributed by atoms with Crippen molar-refractivity contribution in [3.05, 3.63) is 70.9 Å². The van der Waals surface area contributed by atoms with Crippen molar-refractivity contribution in [2.24, 2.45) is 0 Å². The van der Waals surface area contributed by atoms with Gasteiger partial charge in [0.25, 0.3) is 0 Å². The molecule has 2 N–H and O–H groups in total. The molecule has 7 nitrogen and oxygen atoms in total. The number of ether oxygens (including phenoxy) is 1. The molecule has 2 amide bonds. The van der Waals surface area contributed by atoms with Gasteiger partial charge in [-0.25, -0.2) is 4.79 Å². The number of carbonyl (C=O) groups is 2. The quantitative estimate of drug-likeness (QED) is 0.695. The van der Waals surface area contributed by atoms with Crippen molar-refractivity contribution in [2.45, 2.75) is 13.0 Å². The number of thiazole rings is 1. The standard InChI is InChI=1S/C18H16N4O3S/c23-17(8-13-4-6-19-7-5-13)21-14-2-1-3-15(9-14)22-18(24)25-11-16-10-20-12-26-16/h1-7,9-10,12H,8,11H2,(H,21,23)(H,22,24). The van der Waals surface area contributed by atoms with Crippen LogP contribution in [0.1, 0.15) is 10.4 Å². The largest absolute Gasteiger partial charge is 0.444 e. The van der Waals surface area contributed by atoms with E-state index in [9.17, 15) is 9.59 Å². The van der Waals surface area contributed by atoms with E-state index in [-0.39, 0.29) is 18.9 Å². The van der Waals surface area contributed by atoms with Gasteiger partial charge in [0.15, 0.2) is 0 Å². The molecule has 0 radical (unpaired) electrons. The summed E-state index contributed by atoms with van der Waals surface area (Å²) in [6.45, 7) is 0.166. The maximum absolute atomic E-state index is 12.1. The van der Waals surface area contributed by atoms with Crippen molar-refractivity contribution in [3.63, 3.8) is 0 Å². The van der Waals surface area contributed by atoms with Gasteiger partial charge in [-0.05, 0) is 35.9 Å². The molecule has 0 aliphatic rings. The summed E-state index contributed by atoms with van der Waals surface area (Å²) >= 11 is 1.41. The molecule has 0 bridgehead atoms. The van der Waals surface area contributed by atoms with Crippen LogP contribution in [0.2, 0.25) is 0 Å². The number of amides is 2. The van der Waals surface area contributed by atoms with Crippen LogP contribution in [0, 0.1) is 0 Å². The van der Waals surface area contributed by atoms with Crippen molar-refractivity contribution in [2.75, 3.05) is 10.6 Å². The molecule has 26 heavy (non-hydrogen) atoms. The lowest BCUT2D eigenvalue weighted by atomic mass is 10.2. The summed E-state index contributed by atoms with van der Waals surface area (Å²) in [5.41, 5.74) is 3.66. The number of benzene rings is 1. The Hall–Kier alpha value is -3.26. The average Bonchev–Trinajstić information content (AvgIpc) is 3.14. The highest BCUT2D eigenvalue weighted by atomic mass is 32.1. The lowest BCUT2D eigenvalue weighted by Gasteiger charge is -2.09. The molecule has 0 spiro atoms. The highest BCUT2D eigenvalue weighted by Crippen LogP contribution is 2.16. The monoisotopic (exact) mass is 368 g/mol. The van der Waals surface area contributed by atoms with Gasteiger partial charge in [-0.2, -0.15) is 0 Å². The van der Waals surface area contributed by atoms with Crippen molar-refractivity contribution in [1.82, 2.24) is 9.97 Å². The number of carbonyl (C=O) groups excluding carboxylic acids is 2. The van der Waals surface area contributed by atoms with Crippen LogP contribution in [0.4, 0.5) is 16.2 Å². The second-order valence-electron chi connectivity index (χ2n) is 5.33. The van der Waals surface area contributed by atoms with Gasteiger partial charge in [0.1, 0.15) is 6.61 Å². The van der Waals surface area contributed by atoms with E-state index in [0.717, 1.165) is 10.4 Å². The Labute approximate surface area is 154 Å². The second-order valence-corrected chi connectivity index (χ2v) is 6.30. The van der Waals surface area contributed by atoms with E-state index >= 15 is 0 Å². The third kappa shape index (κ3) is 5.38. The maximum Gasteiger partial charge on any atom is 0.411 e. The van der Waals surface area contributed by atoms with Crippen molar-refractivity contribution in [3.8, 4) is 0 Å². The fourth-order valence-corrected chi connectivity index (χ4v) is 2.68. The number of nitrogens with zero attached hydrogens (tertiary/aromatic N) is 2. The first kappa shape index (κ1) is 17.6. The van der Waals surface area contributed by atoms with Crippen LogP contribution < -0.4 is 10.6 Å². The summed E-state index contributed by atoms with van der Waals surface area (Å²) in [6.07, 6.45) is 4.61. The minimum atomic E-state index is -0.571. The summed E-state index contributed by atoms with van der Waals surface area (Å²) in [6, 6.07) is 10.4. The molecule has 3 rings (SSSR count). The van der Waals surface area contributed by atoms with Gasteiger partial charge < -0.3 is 10.1 Å². The number of hydrogen-bond donors (Lipinski definition) is 2. The molecule has 0 saturated carbocycles. The molecule has 0 saturated heterocycles. The van der Waals surface area contributed by atoms with Crippen LogP contribution in [-0.2, 0) is 22.6 Å². The van der Waals surface area contributed by atoms with E-state index in [2.05, 4.69) is 20.6 Å². The molecule has 0 atom stereocenters. The topological polar surface area (TPSA) is 93.2 Å². The lowest BCUT2D eigenvalue weighted by molar-refractivity contribution is -0.115. The zero-order valence-corrected chi connectivity index (χ0v) is 14.5. The first-order chi connectivity index (χ1) is 12.7. The van der Waals surface area contributed by atoms with E-state index < -0.39 is 6.09 Å². The van der Waals surface area contributed by atoms with Gasteiger partial charge in [-0.1, -0.05) is 6.07 Å². The molecular formula is C18H16N4O3S. The summed E-state index contributed by atoms with van der Waals surface area (Å²) in [5.74, 6) is -0.152. The summed E-state index contributed by atoms with van der Waals surface area (Å²) in [4.78, 5) is 32.6. The second kappa shape index (κ2) is 8.72. The lowest BCUT2D eigenvalue weighted by Crippen LogP contribution is -2.15. The summed E-state index contributed by atoms with van der Waals surface area (Å²) in [7, 11) is 0. The van der Waals surface area contributed by atoms with Crippen molar-refractivity contribution < 1.29 is 14.3 Å². The van der Waals surface area contributed by atoms with Gasteiger partial charge >= 0.3 is 6.09 Å². The third-order valence-corrected chi connectivity index (χ3v) is 4.09. The molecule has 132 valence electrons. The number of aromatic nitrogens is 2. The van der Waals surface area contributed by atoms with Crippen LogP contribution in [0.5, 0.6) is 0 Å². The first-order valence-electron chi connectivity index (χ1n) is 7.79. The van der Waals surface area contributed by atoms with Crippen molar-refractivity contribution in [1.29, 1.82) is 0 Å². The van der Waals surface area contributed by atoms with Crippen LogP contribution in [0.3, 0.4) is 0 Å². The Morgan fingerprint density at radius 1 is 1.04 bits per heavy atom. The minimum absolute atomic E-state index is 0.152. The Morgan fingerprint density at radius 2 is 1.81 bits per heavy atom. The minimum Gasteiger partial charge on any atom is -0.444 e. The van der Waals surface area contributed by atoms with Gasteiger partial charge in [0.2, 0.25) is 5.91 Å². The highest BCUT2D eigenvalue weighted by Gasteiger charge is 2.07. The molecule has 1 aromatic carbocycles. The van der Waals surface area contributed by atoms with Crippen LogP contribution in [-0.4, -0.2) is 22.0 Å². The van der Waals surface area contributed by atoms with Gasteiger partial charge in [0, 0.05) is 30.0 Å². The number of rotatable bonds is 6. The summed E-state index contributed by atoms with van der Waals surface area (Å²) in [5, 5.41) is 5.43. The molecule has 2 aromatic heterocycles. The normalized spacial score (nSPS) is 10.2. The Balaban J connectivity index is 1.52. The fourth-order valence-electron chi connectivity index (χ4n) is 2.17. The Bertz CT molecular complexity index is 869. The smallest absolute Gasteiger partial charge is 0.411 e. The summed E-state index contributed by atoms with van der Waals surface area (Å²) < 4.78 is 5.12. The molecule has 2 heterocycles. The Morgan fingerprint density at radius 3 is 2.54 bits per heavy atom. The van der Waals surface area contributed by atoms with E-state index in [1.807, 2.05) is 0 Å². The average molecular weight is 368 g/mol. The fraction of sp³-hybridized carbons (Fsp3) is 0.111. The van der Waals surface area contributed by atoms with E-state index in [4.69, 9.17) is 4.74 Å². The van der Waals surface area contributed by atoms with Gasteiger partial charge in [-0.3, -0.25) is 20.1 Å². The van der Waals surface area contributed by atoms with Crippen molar-refractivity contribution >= 4 is 34.7 Å². The first-order valence-corrected chi connectivity index (χ1v) is 8.67. The number of nitrogens with one attached hydrogen (secondary N) is 2. The predicted octanol–water partition coefficient (Wildman–Crippen LogP) is 3.47. The van der Waals surface area contributed by atoms with Gasteiger partial charge in [0.05, 0.1) is 16.8 Å². The molecule has 0 unspecified atom stereocenters. The molecule has 0 aliphatic carbocycles. The van der Waals surface area contributed by atoms with Gasteiger partial charge in [-0.15, -0.1) is 11.3 Å². The van der Waals surface area contributed by atoms with E-state index in [0.29, 0.717) is 11.4 Å². The van der Waals surface area contributed by atoms with E-state index in [1.165, 1.54) is 11.3 Å². The number of hydrogen-bond acceptors (Lipinski definition) is 6. The molecule has 3 aromatic rings. The zero-order chi connectivity index (χ0) is 18.2.